The second kappa shape index (κ2) is 15.8. The molecule has 0 spiro atoms. The fourth-order valence-electron chi connectivity index (χ4n) is 4.58. The van der Waals surface area contributed by atoms with E-state index >= 15 is 0 Å². The van der Waals surface area contributed by atoms with Crippen LogP contribution in [-0.2, 0) is 0 Å². The number of aliphatic hydroxyl groups is 1. The Labute approximate surface area is 246 Å². The maximum atomic E-state index is 13.4. The smallest absolute Gasteiger partial charge is 0.416 e. The first kappa shape index (κ1) is 34.1. The molecule has 0 saturated heterocycles. The van der Waals surface area contributed by atoms with E-state index in [1.165, 1.54) is 12.1 Å². The Balaban J connectivity index is 0.00000301. The predicted molar refractivity (Wildman–Crippen MR) is 166 cm³/mol. The monoisotopic (exact) mass is 582 g/mol. The lowest BCUT2D eigenvalue weighted by atomic mass is 9.96. The van der Waals surface area contributed by atoms with Crippen LogP contribution in [-0.4, -0.2) is 33.4 Å². The summed E-state index contributed by atoms with van der Waals surface area (Å²) in [6.45, 7) is 13.9. The number of hydrogen-bond acceptors (Lipinski definition) is 4. The lowest BCUT2D eigenvalue weighted by molar-refractivity contribution is -0.0883. The Kier molecular flexibility index (Phi) is 12.8. The van der Waals surface area contributed by atoms with Gasteiger partial charge in [-0.3, -0.25) is 0 Å². The van der Waals surface area contributed by atoms with Crippen molar-refractivity contribution in [3.8, 4) is 0 Å². The molecule has 0 fully saturated rings. The van der Waals surface area contributed by atoms with Crippen molar-refractivity contribution in [3.63, 3.8) is 0 Å². The van der Waals surface area contributed by atoms with E-state index in [9.17, 15) is 28.2 Å². The number of carbonyl (C=O) groups is 1. The second-order valence-electron chi connectivity index (χ2n) is 9.85. The summed E-state index contributed by atoms with van der Waals surface area (Å²) in [5.41, 5.74) is 2.65. The molecule has 2 aromatic rings. The van der Waals surface area contributed by atoms with Crippen LogP contribution in [0.5, 0.6) is 0 Å². The number of rotatable bonds is 10. The Morgan fingerprint density at radius 2 is 1.90 bits per heavy atom. The summed E-state index contributed by atoms with van der Waals surface area (Å²) >= 11 is 0. The van der Waals surface area contributed by atoms with Crippen molar-refractivity contribution < 1.29 is 28.2 Å². The number of nitrogens with zero attached hydrogens (tertiary/aromatic N) is 1. The first-order chi connectivity index (χ1) is 19.9. The fraction of sp³-hybridized carbons (Fsp3) is 0.353. The molecule has 0 saturated carbocycles. The second-order valence-corrected chi connectivity index (χ2v) is 9.85. The minimum atomic E-state index is -4.45. The molecule has 1 atom stereocenters. The van der Waals surface area contributed by atoms with Crippen molar-refractivity contribution in [2.75, 3.05) is 0 Å². The molecule has 3 N–H and O–H groups in total. The fourth-order valence-corrected chi connectivity index (χ4v) is 4.58. The molecule has 1 aliphatic carbocycles. The van der Waals surface area contributed by atoms with Gasteiger partial charge < -0.3 is 15.5 Å². The molecule has 1 aliphatic rings. The quantitative estimate of drug-likeness (QED) is 0.192. The van der Waals surface area contributed by atoms with Gasteiger partial charge in [-0.1, -0.05) is 57.2 Å². The summed E-state index contributed by atoms with van der Waals surface area (Å²) in [5, 5.41) is 23.5. The summed E-state index contributed by atoms with van der Waals surface area (Å²) in [7, 11) is 0. The molecule has 3 rings (SSSR count). The lowest BCUT2D eigenvalue weighted by Crippen LogP contribution is -2.27. The third-order valence-electron chi connectivity index (χ3n) is 6.71. The van der Waals surface area contributed by atoms with E-state index < -0.39 is 17.7 Å². The highest BCUT2D eigenvalue weighted by Crippen LogP contribution is 2.35. The predicted octanol–water partition coefficient (Wildman–Crippen LogP) is 9.71. The molecule has 0 radical (unpaired) electrons. The number of aromatic carboxylic acids is 1. The Morgan fingerprint density at radius 1 is 1.19 bits per heavy atom. The average molecular weight is 583 g/mol. The zero-order chi connectivity index (χ0) is 31.4. The molecule has 1 heterocycles. The van der Waals surface area contributed by atoms with Crippen molar-refractivity contribution in [1.82, 2.24) is 10.3 Å². The van der Waals surface area contributed by atoms with Gasteiger partial charge in [-0.05, 0) is 93.5 Å². The van der Waals surface area contributed by atoms with E-state index in [1.54, 1.807) is 36.4 Å². The Hall–Kier alpha value is -4.07. The highest BCUT2D eigenvalue weighted by atomic mass is 19.4. The number of hydrogen-bond donors (Lipinski definition) is 3. The Morgan fingerprint density at radius 3 is 2.52 bits per heavy atom. The van der Waals surface area contributed by atoms with Gasteiger partial charge in [-0.15, -0.1) is 0 Å². The van der Waals surface area contributed by atoms with E-state index in [-0.39, 0.29) is 17.4 Å². The topological polar surface area (TPSA) is 82.5 Å². The number of nitrogens with one attached hydrogen (secondary N) is 1. The lowest BCUT2D eigenvalue weighted by Gasteiger charge is -2.20. The zero-order valence-corrected chi connectivity index (χ0v) is 25.0. The van der Waals surface area contributed by atoms with Gasteiger partial charge in [-0.2, -0.15) is 13.2 Å². The number of carboxylic acids is 1. The average Bonchev–Trinajstić information content (AvgIpc) is 3.23. The van der Waals surface area contributed by atoms with Gasteiger partial charge in [0.05, 0.1) is 28.0 Å². The van der Waals surface area contributed by atoms with Crippen LogP contribution in [0.2, 0.25) is 0 Å². The van der Waals surface area contributed by atoms with Crippen LogP contribution >= 0.6 is 0 Å². The molecule has 0 bridgehead atoms. The van der Waals surface area contributed by atoms with Crippen molar-refractivity contribution in [1.29, 1.82) is 0 Å². The standard InChI is InChI=1S/C32H35F3N2O3.C2H6/c1-5-9-26(38)14-12-20(3)16-25(6-2)36-21(4)30-19-28(31(39)40)27-18-23(13-15-29(27)37-30)22-10-7-8-11-24(17-22)32(33,34)35;1-2/h5,9,11-15,17-19,25,36,38H,4,6-8,10,16H2,1-3H3,(H,39,40);1-2H3/b9-5-,20-12+,26-14+;/t25-;/m1./s1. The molecule has 0 aliphatic heterocycles. The van der Waals surface area contributed by atoms with Crippen LogP contribution in [0.4, 0.5) is 13.2 Å². The van der Waals surface area contributed by atoms with E-state index in [2.05, 4.69) is 16.9 Å². The van der Waals surface area contributed by atoms with Gasteiger partial charge >= 0.3 is 12.1 Å². The van der Waals surface area contributed by atoms with E-state index in [0.717, 1.165) is 18.1 Å². The first-order valence-electron chi connectivity index (χ1n) is 14.2. The number of carboxylic acid groups (broad SMARTS) is 1. The van der Waals surface area contributed by atoms with Crippen molar-refractivity contribution in [2.24, 2.45) is 0 Å². The van der Waals surface area contributed by atoms with Crippen LogP contribution in [0, 0.1) is 0 Å². The number of halogens is 3. The van der Waals surface area contributed by atoms with Gasteiger partial charge in [0.1, 0.15) is 5.76 Å². The highest BCUT2D eigenvalue weighted by Gasteiger charge is 2.32. The summed E-state index contributed by atoms with van der Waals surface area (Å²) in [6.07, 6.45) is 7.50. The number of aromatic nitrogens is 1. The summed E-state index contributed by atoms with van der Waals surface area (Å²) < 4.78 is 40.2. The molecule has 42 heavy (non-hydrogen) atoms. The van der Waals surface area contributed by atoms with Crippen molar-refractivity contribution in [2.45, 2.75) is 78.9 Å². The van der Waals surface area contributed by atoms with Gasteiger partial charge in [0, 0.05) is 11.4 Å². The molecule has 0 unspecified atom stereocenters. The van der Waals surface area contributed by atoms with E-state index in [4.69, 9.17) is 0 Å². The Bertz CT molecular complexity index is 1430. The van der Waals surface area contributed by atoms with Crippen LogP contribution in [0.3, 0.4) is 0 Å². The van der Waals surface area contributed by atoms with Crippen LogP contribution in [0.15, 0.2) is 84.2 Å². The molecule has 8 heteroatoms. The van der Waals surface area contributed by atoms with E-state index in [0.29, 0.717) is 59.1 Å². The van der Waals surface area contributed by atoms with Gasteiger partial charge in [-0.25, -0.2) is 9.78 Å². The van der Waals surface area contributed by atoms with Crippen molar-refractivity contribution in [3.05, 3.63) is 101 Å². The number of pyridine rings is 1. The molecule has 5 nitrogen and oxygen atoms in total. The first-order valence-corrected chi connectivity index (χ1v) is 14.2. The third-order valence-corrected chi connectivity index (χ3v) is 6.71. The maximum absolute atomic E-state index is 13.4. The molecular formula is C34H41F3N2O3. The maximum Gasteiger partial charge on any atom is 0.416 e. The minimum absolute atomic E-state index is 0.000625. The van der Waals surface area contributed by atoms with Crippen LogP contribution < -0.4 is 5.32 Å². The zero-order valence-electron chi connectivity index (χ0n) is 25.0. The van der Waals surface area contributed by atoms with Gasteiger partial charge in [0.2, 0.25) is 0 Å². The molecule has 226 valence electrons. The summed E-state index contributed by atoms with van der Waals surface area (Å²) in [5.74, 6) is -1.01. The minimum Gasteiger partial charge on any atom is -0.508 e. The van der Waals surface area contributed by atoms with Gasteiger partial charge in [0.25, 0.3) is 0 Å². The number of fused-ring (bicyclic) bond motifs is 1. The molecule has 1 aromatic heterocycles. The van der Waals surface area contributed by atoms with E-state index in [1.807, 2.05) is 40.7 Å². The summed E-state index contributed by atoms with van der Waals surface area (Å²) in [6, 6.07) is 6.37. The normalized spacial score (nSPS) is 15.3. The highest BCUT2D eigenvalue weighted by molar-refractivity contribution is 6.04. The number of benzene rings is 1. The van der Waals surface area contributed by atoms with Gasteiger partial charge in [0.15, 0.2) is 0 Å². The third kappa shape index (κ3) is 9.50. The summed E-state index contributed by atoms with van der Waals surface area (Å²) in [4.78, 5) is 16.8. The number of alkyl halides is 3. The number of allylic oxidation sites excluding steroid dienone is 8. The largest absolute Gasteiger partial charge is 0.508 e. The van der Waals surface area contributed by atoms with Crippen LogP contribution in [0.1, 0.15) is 88.3 Å². The van der Waals surface area contributed by atoms with Crippen LogP contribution in [0.25, 0.3) is 22.2 Å². The molecule has 0 amide bonds. The number of aliphatic hydroxyl groups excluding tert-OH is 1. The SMILES string of the molecule is C=C(N[C@H](CC)C/C(C)=C/C=C(O)\C=C/C)c1cc(C(=O)O)c2cc(C3=CC(C(F)(F)F)=CCCC3)ccc2n1.CC. The van der Waals surface area contributed by atoms with Crippen molar-refractivity contribution >= 4 is 28.1 Å². The molecular weight excluding hydrogens is 541 g/mol. The molecule has 1 aromatic carbocycles.